The summed E-state index contributed by atoms with van der Waals surface area (Å²) in [6.07, 6.45) is 0. The van der Waals surface area contributed by atoms with Crippen LogP contribution in [-0.4, -0.2) is 38.9 Å². The molecule has 0 radical (unpaired) electrons. The van der Waals surface area contributed by atoms with Gasteiger partial charge >= 0.3 is 0 Å². The van der Waals surface area contributed by atoms with Crippen LogP contribution >= 0.6 is 23.4 Å². The van der Waals surface area contributed by atoms with E-state index in [0.29, 0.717) is 40.4 Å². The van der Waals surface area contributed by atoms with Gasteiger partial charge in [-0.25, -0.2) is 0 Å². The summed E-state index contributed by atoms with van der Waals surface area (Å²) in [4.78, 5) is 24.9. The average Bonchev–Trinajstić information content (AvgIpc) is 3.22. The van der Waals surface area contributed by atoms with Crippen molar-refractivity contribution in [3.8, 4) is 5.75 Å². The first-order chi connectivity index (χ1) is 15.9. The predicted molar refractivity (Wildman–Crippen MR) is 130 cm³/mol. The Labute approximate surface area is 202 Å². The number of amides is 2. The van der Waals surface area contributed by atoms with E-state index in [9.17, 15) is 9.59 Å². The summed E-state index contributed by atoms with van der Waals surface area (Å²) in [7, 11) is 0. The normalized spacial score (nSPS) is 11.6. The van der Waals surface area contributed by atoms with Gasteiger partial charge in [-0.05, 0) is 69.3 Å². The maximum Gasteiger partial charge on any atom is 0.251 e. The zero-order valence-corrected chi connectivity index (χ0v) is 20.2. The first-order valence-corrected chi connectivity index (χ1v) is 11.9. The number of anilines is 1. The Morgan fingerprint density at radius 1 is 1.09 bits per heavy atom. The molecule has 2 aromatic carbocycles. The lowest BCUT2D eigenvalue weighted by Gasteiger charge is -2.15. The molecule has 33 heavy (non-hydrogen) atoms. The number of aromatic nitrogens is 3. The van der Waals surface area contributed by atoms with Crippen molar-refractivity contribution in [2.75, 3.05) is 17.7 Å². The van der Waals surface area contributed by atoms with Crippen LogP contribution in [0.25, 0.3) is 0 Å². The highest BCUT2D eigenvalue weighted by molar-refractivity contribution is 7.99. The Morgan fingerprint density at radius 3 is 2.42 bits per heavy atom. The fraction of sp³-hybridized carbons (Fsp3) is 0.304. The molecular formula is C23H26ClN5O3S. The quantitative estimate of drug-likeness (QED) is 0.406. The fourth-order valence-electron chi connectivity index (χ4n) is 3.10. The summed E-state index contributed by atoms with van der Waals surface area (Å²) < 4.78 is 7.30. The van der Waals surface area contributed by atoms with Gasteiger partial charge in [-0.2, -0.15) is 0 Å². The smallest absolute Gasteiger partial charge is 0.251 e. The number of hydrogen-bond donors (Lipinski definition) is 2. The number of carbonyl (C=O) groups excluding carboxylic acids is 2. The number of thioether (sulfide) groups is 1. The number of hydrogen-bond acceptors (Lipinski definition) is 6. The lowest BCUT2D eigenvalue weighted by molar-refractivity contribution is -0.113. The maximum atomic E-state index is 12.5. The van der Waals surface area contributed by atoms with Crippen LogP contribution in [-0.2, 0) is 11.3 Å². The summed E-state index contributed by atoms with van der Waals surface area (Å²) in [5.74, 6) is 1.17. The third-order valence-corrected chi connectivity index (χ3v) is 5.90. The monoisotopic (exact) mass is 487 g/mol. The number of benzene rings is 2. The minimum absolute atomic E-state index is 0.152. The number of rotatable bonds is 10. The average molecular weight is 488 g/mol. The zero-order valence-electron chi connectivity index (χ0n) is 18.7. The lowest BCUT2D eigenvalue weighted by Crippen LogP contribution is -2.28. The van der Waals surface area contributed by atoms with Crippen LogP contribution in [0.15, 0.2) is 53.7 Å². The highest BCUT2D eigenvalue weighted by atomic mass is 35.5. The molecule has 174 valence electrons. The van der Waals surface area contributed by atoms with E-state index in [0.717, 1.165) is 5.75 Å². The standard InChI is InChI=1S/C23H26ClN5O3S/c1-4-29-21(15(3)25-22(31)16-6-8-17(24)9-7-16)27-28-23(29)33-14-20(30)26-18-10-12-19(13-11-18)32-5-2/h6-13,15H,4-5,14H2,1-3H3,(H,25,31)(H,26,30)/t15-/m0/s1. The maximum absolute atomic E-state index is 12.5. The summed E-state index contributed by atoms with van der Waals surface area (Å²) in [5, 5.41) is 15.4. The van der Waals surface area contributed by atoms with Crippen LogP contribution in [0.4, 0.5) is 5.69 Å². The van der Waals surface area contributed by atoms with E-state index in [4.69, 9.17) is 16.3 Å². The van der Waals surface area contributed by atoms with Crippen LogP contribution in [0.1, 0.15) is 43.0 Å². The first kappa shape index (κ1) is 24.6. The second-order valence-corrected chi connectivity index (χ2v) is 8.46. The van der Waals surface area contributed by atoms with Gasteiger partial charge in [0.2, 0.25) is 5.91 Å². The largest absolute Gasteiger partial charge is 0.494 e. The fourth-order valence-corrected chi connectivity index (χ4v) is 4.03. The Bertz CT molecular complexity index is 1090. The molecule has 10 heteroatoms. The Hall–Kier alpha value is -3.04. The molecule has 3 aromatic rings. The number of carbonyl (C=O) groups is 2. The van der Waals surface area contributed by atoms with Crippen LogP contribution in [0.5, 0.6) is 5.75 Å². The van der Waals surface area contributed by atoms with Crippen molar-refractivity contribution in [2.24, 2.45) is 0 Å². The third kappa shape index (κ3) is 6.72. The zero-order chi connectivity index (χ0) is 23.8. The highest BCUT2D eigenvalue weighted by Gasteiger charge is 2.20. The van der Waals surface area contributed by atoms with Gasteiger partial charge in [0.05, 0.1) is 18.4 Å². The molecule has 0 aliphatic heterocycles. The molecule has 0 saturated heterocycles. The number of nitrogens with one attached hydrogen (secondary N) is 2. The summed E-state index contributed by atoms with van der Waals surface area (Å²) in [5.41, 5.74) is 1.20. The van der Waals surface area contributed by atoms with Crippen molar-refractivity contribution < 1.29 is 14.3 Å². The Balaban J connectivity index is 1.58. The molecular weight excluding hydrogens is 462 g/mol. The van der Waals surface area contributed by atoms with Crippen molar-refractivity contribution in [1.29, 1.82) is 0 Å². The first-order valence-electron chi connectivity index (χ1n) is 10.6. The van der Waals surface area contributed by atoms with Crippen molar-refractivity contribution in [3.05, 3.63) is 64.9 Å². The van der Waals surface area contributed by atoms with Crippen LogP contribution in [0, 0.1) is 0 Å². The van der Waals surface area contributed by atoms with Gasteiger partial charge in [0, 0.05) is 22.8 Å². The summed E-state index contributed by atoms with van der Waals surface area (Å²) in [6.45, 7) is 6.92. The molecule has 0 spiro atoms. The molecule has 2 amide bonds. The molecule has 0 aliphatic rings. The SMILES string of the molecule is CCOc1ccc(NC(=O)CSc2nnc([C@H](C)NC(=O)c3ccc(Cl)cc3)n2CC)cc1. The molecule has 3 rings (SSSR count). The van der Waals surface area contributed by atoms with E-state index in [-0.39, 0.29) is 23.6 Å². The van der Waals surface area contributed by atoms with E-state index in [1.807, 2.05) is 37.5 Å². The van der Waals surface area contributed by atoms with Crippen LogP contribution in [0.2, 0.25) is 5.02 Å². The molecule has 1 heterocycles. The highest BCUT2D eigenvalue weighted by Crippen LogP contribution is 2.22. The van der Waals surface area contributed by atoms with Gasteiger partial charge < -0.3 is 19.9 Å². The summed E-state index contributed by atoms with van der Waals surface area (Å²) >= 11 is 7.18. The molecule has 8 nitrogen and oxygen atoms in total. The molecule has 2 N–H and O–H groups in total. The van der Waals surface area contributed by atoms with Crippen LogP contribution in [0.3, 0.4) is 0 Å². The van der Waals surface area contributed by atoms with Gasteiger partial charge in [0.15, 0.2) is 11.0 Å². The second kappa shape index (κ2) is 11.7. The van der Waals surface area contributed by atoms with Gasteiger partial charge in [-0.15, -0.1) is 10.2 Å². The van der Waals surface area contributed by atoms with Crippen molar-refractivity contribution >= 4 is 40.9 Å². The van der Waals surface area contributed by atoms with Gasteiger partial charge in [0.25, 0.3) is 5.91 Å². The number of halogens is 1. The second-order valence-electron chi connectivity index (χ2n) is 7.08. The third-order valence-electron chi connectivity index (χ3n) is 4.68. The van der Waals surface area contributed by atoms with Gasteiger partial charge in [-0.3, -0.25) is 9.59 Å². The van der Waals surface area contributed by atoms with Gasteiger partial charge in [-0.1, -0.05) is 23.4 Å². The van der Waals surface area contributed by atoms with E-state index in [1.54, 1.807) is 36.4 Å². The van der Waals surface area contributed by atoms with E-state index in [2.05, 4.69) is 20.8 Å². The van der Waals surface area contributed by atoms with Crippen molar-refractivity contribution in [2.45, 2.75) is 38.5 Å². The number of nitrogens with zero attached hydrogens (tertiary/aromatic N) is 3. The predicted octanol–water partition coefficient (Wildman–Crippen LogP) is 4.57. The van der Waals surface area contributed by atoms with Crippen LogP contribution < -0.4 is 15.4 Å². The Morgan fingerprint density at radius 2 is 1.79 bits per heavy atom. The van der Waals surface area contributed by atoms with E-state index >= 15 is 0 Å². The molecule has 1 aromatic heterocycles. The molecule has 0 unspecified atom stereocenters. The lowest BCUT2D eigenvalue weighted by atomic mass is 10.2. The van der Waals surface area contributed by atoms with E-state index in [1.165, 1.54) is 11.8 Å². The molecule has 0 fully saturated rings. The molecule has 0 aliphatic carbocycles. The number of ether oxygens (including phenoxy) is 1. The molecule has 1 atom stereocenters. The minimum atomic E-state index is -0.368. The van der Waals surface area contributed by atoms with Crippen molar-refractivity contribution in [1.82, 2.24) is 20.1 Å². The van der Waals surface area contributed by atoms with Crippen molar-refractivity contribution in [3.63, 3.8) is 0 Å². The Kier molecular flexibility index (Phi) is 8.73. The topological polar surface area (TPSA) is 98.1 Å². The molecule has 0 bridgehead atoms. The van der Waals surface area contributed by atoms with E-state index < -0.39 is 0 Å². The molecule has 0 saturated carbocycles. The van der Waals surface area contributed by atoms with Gasteiger partial charge in [0.1, 0.15) is 5.75 Å². The minimum Gasteiger partial charge on any atom is -0.494 e. The summed E-state index contributed by atoms with van der Waals surface area (Å²) in [6, 6.07) is 13.5.